The molecule has 0 unspecified atom stereocenters. The Bertz CT molecular complexity index is 365. The minimum Gasteiger partial charge on any atom is -0.312 e. The maximum absolute atomic E-state index is 4.96. The van der Waals surface area contributed by atoms with Crippen LogP contribution in [0, 0.1) is 0 Å². The second-order valence-corrected chi connectivity index (χ2v) is 6.71. The van der Waals surface area contributed by atoms with Gasteiger partial charge < -0.3 is 5.32 Å². The summed E-state index contributed by atoms with van der Waals surface area (Å²) in [5.41, 5.74) is 1.34. The Morgan fingerprint density at radius 2 is 1.79 bits per heavy atom. The van der Waals surface area contributed by atoms with E-state index in [1.165, 1.54) is 60.5 Å². The zero-order valence-corrected chi connectivity index (χ0v) is 13.3. The first-order valence-corrected chi connectivity index (χ1v) is 8.86. The Kier molecular flexibility index (Phi) is 6.32. The van der Waals surface area contributed by atoms with Crippen molar-refractivity contribution in [1.82, 2.24) is 10.3 Å². The van der Waals surface area contributed by atoms with Gasteiger partial charge in [0.15, 0.2) is 0 Å². The molecule has 1 aromatic heterocycles. The molecule has 1 N–H and O–H groups in total. The van der Waals surface area contributed by atoms with E-state index in [9.17, 15) is 0 Å². The van der Waals surface area contributed by atoms with E-state index in [1.807, 2.05) is 11.3 Å². The molecule has 0 aromatic carbocycles. The van der Waals surface area contributed by atoms with Gasteiger partial charge in [-0.2, -0.15) is 0 Å². The molecule has 1 saturated carbocycles. The van der Waals surface area contributed by atoms with Gasteiger partial charge in [0.1, 0.15) is 0 Å². The van der Waals surface area contributed by atoms with Crippen LogP contribution in [0.15, 0.2) is 0 Å². The van der Waals surface area contributed by atoms with E-state index in [1.54, 1.807) is 0 Å². The Morgan fingerprint density at radius 3 is 2.42 bits per heavy atom. The molecule has 0 radical (unpaired) electrons. The molecule has 1 aliphatic carbocycles. The number of nitrogens with one attached hydrogen (secondary N) is 1. The van der Waals surface area contributed by atoms with E-state index in [0.29, 0.717) is 0 Å². The highest BCUT2D eigenvalue weighted by Gasteiger charge is 2.19. The first kappa shape index (κ1) is 15.0. The van der Waals surface area contributed by atoms with Gasteiger partial charge in [0.25, 0.3) is 0 Å². The first-order valence-electron chi connectivity index (χ1n) is 8.04. The average molecular weight is 280 g/mol. The lowest BCUT2D eigenvalue weighted by atomic mass is 9.92. The number of rotatable bonds is 5. The van der Waals surface area contributed by atoms with Crippen LogP contribution in [-0.2, 0) is 13.0 Å². The molecular weight excluding hydrogens is 252 g/mol. The Balaban J connectivity index is 2.07. The van der Waals surface area contributed by atoms with Crippen LogP contribution in [-0.4, -0.2) is 11.5 Å². The third-order valence-corrected chi connectivity index (χ3v) is 5.38. The summed E-state index contributed by atoms with van der Waals surface area (Å²) in [6.45, 7) is 6.44. The Morgan fingerprint density at radius 1 is 1.11 bits per heavy atom. The largest absolute Gasteiger partial charge is 0.312 e. The predicted molar refractivity (Wildman–Crippen MR) is 83.9 cm³/mol. The van der Waals surface area contributed by atoms with Gasteiger partial charge in [-0.25, -0.2) is 4.98 Å². The summed E-state index contributed by atoms with van der Waals surface area (Å²) < 4.78 is 0. The van der Waals surface area contributed by atoms with Crippen molar-refractivity contribution in [3.05, 3.63) is 15.6 Å². The summed E-state index contributed by atoms with van der Waals surface area (Å²) in [6, 6.07) is 0. The number of aryl methyl sites for hydroxylation is 1. The van der Waals surface area contributed by atoms with Crippen LogP contribution in [0.25, 0.3) is 0 Å². The number of thiazole rings is 1. The Hall–Kier alpha value is -0.410. The van der Waals surface area contributed by atoms with Crippen molar-refractivity contribution >= 4 is 11.3 Å². The van der Waals surface area contributed by atoms with Crippen LogP contribution >= 0.6 is 11.3 Å². The second-order valence-electron chi connectivity index (χ2n) is 5.60. The smallest absolute Gasteiger partial charge is 0.0962 e. The van der Waals surface area contributed by atoms with Crippen molar-refractivity contribution in [3.8, 4) is 0 Å². The minimum absolute atomic E-state index is 0.742. The number of aromatic nitrogens is 1. The monoisotopic (exact) mass is 280 g/mol. The van der Waals surface area contributed by atoms with Gasteiger partial charge in [-0.1, -0.05) is 46.0 Å². The predicted octanol–water partition coefficient (Wildman–Crippen LogP) is 4.64. The zero-order valence-electron chi connectivity index (χ0n) is 12.5. The van der Waals surface area contributed by atoms with E-state index in [-0.39, 0.29) is 0 Å². The fraction of sp³-hybridized carbons (Fsp3) is 0.812. The molecule has 0 bridgehead atoms. The van der Waals surface area contributed by atoms with Gasteiger partial charge >= 0.3 is 0 Å². The average Bonchev–Trinajstić information content (AvgIpc) is 2.79. The quantitative estimate of drug-likeness (QED) is 0.849. The lowest BCUT2D eigenvalue weighted by Crippen LogP contribution is -2.11. The third-order valence-electron chi connectivity index (χ3n) is 4.12. The molecule has 0 atom stereocenters. The summed E-state index contributed by atoms with van der Waals surface area (Å²) in [6.07, 6.45) is 10.9. The highest BCUT2D eigenvalue weighted by Crippen LogP contribution is 2.34. The van der Waals surface area contributed by atoms with E-state index >= 15 is 0 Å². The molecule has 2 nitrogen and oxygen atoms in total. The molecule has 1 fully saturated rings. The van der Waals surface area contributed by atoms with Crippen molar-refractivity contribution in [2.75, 3.05) is 6.54 Å². The zero-order chi connectivity index (χ0) is 13.5. The van der Waals surface area contributed by atoms with E-state index in [2.05, 4.69) is 19.2 Å². The molecule has 0 amide bonds. The van der Waals surface area contributed by atoms with Crippen LogP contribution < -0.4 is 5.32 Å². The molecule has 3 heteroatoms. The lowest BCUT2D eigenvalue weighted by molar-refractivity contribution is 0.454. The summed E-state index contributed by atoms with van der Waals surface area (Å²) in [5.74, 6) is 0.742. The summed E-state index contributed by atoms with van der Waals surface area (Å²) in [5, 5.41) is 4.87. The second kappa shape index (κ2) is 8.01. The van der Waals surface area contributed by atoms with Crippen molar-refractivity contribution in [3.63, 3.8) is 0 Å². The molecular formula is C16H28N2S. The lowest BCUT2D eigenvalue weighted by Gasteiger charge is -2.17. The van der Waals surface area contributed by atoms with Gasteiger partial charge in [0.2, 0.25) is 0 Å². The number of nitrogens with zero attached hydrogens (tertiary/aromatic N) is 1. The number of hydrogen-bond donors (Lipinski definition) is 1. The van der Waals surface area contributed by atoms with Gasteiger partial charge in [-0.05, 0) is 25.8 Å². The Labute approximate surface area is 122 Å². The fourth-order valence-corrected chi connectivity index (χ4v) is 4.23. The topological polar surface area (TPSA) is 24.9 Å². The SMILES string of the molecule is CCNCc1sc(C2CCCCCCC2)nc1CC. The van der Waals surface area contributed by atoms with Gasteiger partial charge in [0.05, 0.1) is 10.7 Å². The molecule has 1 aliphatic rings. The fourth-order valence-electron chi connectivity index (χ4n) is 2.93. The normalized spacial score (nSPS) is 18.2. The molecule has 0 aliphatic heterocycles. The van der Waals surface area contributed by atoms with Crippen molar-refractivity contribution in [1.29, 1.82) is 0 Å². The van der Waals surface area contributed by atoms with Crippen LogP contribution in [0.4, 0.5) is 0 Å². The van der Waals surface area contributed by atoms with Crippen LogP contribution in [0.5, 0.6) is 0 Å². The number of hydrogen-bond acceptors (Lipinski definition) is 3. The molecule has 1 heterocycles. The standard InChI is InChI=1S/C16H28N2S/c1-3-14-15(12-17-4-2)19-16(18-14)13-10-8-6-5-7-9-11-13/h13,17H,3-12H2,1-2H3. The van der Waals surface area contributed by atoms with E-state index in [0.717, 1.165) is 25.4 Å². The van der Waals surface area contributed by atoms with Crippen LogP contribution in [0.3, 0.4) is 0 Å². The summed E-state index contributed by atoms with van der Waals surface area (Å²) in [4.78, 5) is 6.43. The third kappa shape index (κ3) is 4.28. The van der Waals surface area contributed by atoms with Crippen molar-refractivity contribution in [2.45, 2.75) is 77.7 Å². The minimum atomic E-state index is 0.742. The maximum atomic E-state index is 4.96. The molecule has 0 saturated heterocycles. The van der Waals surface area contributed by atoms with Crippen LogP contribution in [0.1, 0.15) is 80.3 Å². The molecule has 2 rings (SSSR count). The van der Waals surface area contributed by atoms with Crippen molar-refractivity contribution < 1.29 is 0 Å². The van der Waals surface area contributed by atoms with Crippen molar-refractivity contribution in [2.24, 2.45) is 0 Å². The summed E-state index contributed by atoms with van der Waals surface area (Å²) in [7, 11) is 0. The maximum Gasteiger partial charge on any atom is 0.0962 e. The first-order chi connectivity index (χ1) is 9.35. The van der Waals surface area contributed by atoms with Gasteiger partial charge in [-0.15, -0.1) is 11.3 Å². The van der Waals surface area contributed by atoms with E-state index in [4.69, 9.17) is 4.98 Å². The molecule has 1 aromatic rings. The highest BCUT2D eigenvalue weighted by molar-refractivity contribution is 7.11. The molecule has 108 valence electrons. The molecule has 0 spiro atoms. The van der Waals surface area contributed by atoms with Crippen LogP contribution in [0.2, 0.25) is 0 Å². The van der Waals surface area contributed by atoms with Gasteiger partial charge in [-0.3, -0.25) is 0 Å². The molecule has 19 heavy (non-hydrogen) atoms. The van der Waals surface area contributed by atoms with E-state index < -0.39 is 0 Å². The highest BCUT2D eigenvalue weighted by atomic mass is 32.1. The van der Waals surface area contributed by atoms with Gasteiger partial charge in [0, 0.05) is 17.3 Å². The summed E-state index contributed by atoms with van der Waals surface area (Å²) >= 11 is 1.97.